The second-order valence-corrected chi connectivity index (χ2v) is 7.44. The molecule has 1 aliphatic heterocycles. The fourth-order valence-electron chi connectivity index (χ4n) is 1.92. The molecule has 0 saturated carbocycles. The van der Waals surface area contributed by atoms with Gasteiger partial charge in [0.2, 0.25) is 0 Å². The number of nitrogens with zero attached hydrogens (tertiary/aromatic N) is 1. The van der Waals surface area contributed by atoms with E-state index in [1.807, 2.05) is 0 Å². The molecular weight excluding hydrogens is 338 g/mol. The van der Waals surface area contributed by atoms with E-state index in [9.17, 15) is 18.0 Å². The van der Waals surface area contributed by atoms with Gasteiger partial charge in [-0.25, -0.2) is 13.2 Å². The first-order chi connectivity index (χ1) is 8.75. The Morgan fingerprint density at radius 1 is 1.42 bits per heavy atom. The van der Waals surface area contributed by atoms with Crippen molar-refractivity contribution in [3.63, 3.8) is 0 Å². The molecule has 0 spiro atoms. The normalized spacial score (nSPS) is 20.7. The van der Waals surface area contributed by atoms with Gasteiger partial charge in [-0.1, -0.05) is 15.9 Å². The number of anilines is 1. The van der Waals surface area contributed by atoms with E-state index in [0.29, 0.717) is 4.47 Å². The van der Waals surface area contributed by atoms with Gasteiger partial charge in [0.05, 0.1) is 15.8 Å². The van der Waals surface area contributed by atoms with Gasteiger partial charge in [-0.2, -0.15) is 0 Å². The summed E-state index contributed by atoms with van der Waals surface area (Å²) in [7, 11) is -3.54. The van der Waals surface area contributed by atoms with Gasteiger partial charge < -0.3 is 5.11 Å². The van der Waals surface area contributed by atoms with E-state index in [4.69, 9.17) is 5.11 Å². The Labute approximate surface area is 118 Å². The average molecular weight is 348 g/mol. The number of hydrogen-bond donors (Lipinski definition) is 1. The number of carboxylic acids is 1. The molecule has 1 atom stereocenters. The van der Waals surface area contributed by atoms with Crippen LogP contribution in [0.5, 0.6) is 0 Å². The number of fused-ring (bicyclic) bond motifs is 1. The zero-order valence-electron chi connectivity index (χ0n) is 9.83. The van der Waals surface area contributed by atoms with Crippen LogP contribution in [0.15, 0.2) is 27.6 Å². The van der Waals surface area contributed by atoms with E-state index < -0.39 is 27.0 Å². The Morgan fingerprint density at radius 2 is 2.05 bits per heavy atom. The van der Waals surface area contributed by atoms with E-state index in [0.717, 1.165) is 4.90 Å². The summed E-state index contributed by atoms with van der Waals surface area (Å²) in [6.45, 7) is 1.28. The number of carboxylic acid groups (broad SMARTS) is 1. The van der Waals surface area contributed by atoms with Crippen molar-refractivity contribution in [2.75, 3.05) is 11.4 Å². The number of aliphatic carboxylic acids is 1. The molecule has 2 rings (SSSR count). The maximum Gasteiger partial charge on any atom is 0.394 e. The fourth-order valence-corrected chi connectivity index (χ4v) is 3.77. The number of hydrogen-bond acceptors (Lipinski definition) is 4. The molecule has 102 valence electrons. The Hall–Kier alpha value is -1.41. The van der Waals surface area contributed by atoms with Crippen molar-refractivity contribution in [3.05, 3.63) is 22.7 Å². The molecule has 19 heavy (non-hydrogen) atoms. The quantitative estimate of drug-likeness (QED) is 0.708. The summed E-state index contributed by atoms with van der Waals surface area (Å²) in [5, 5.41) is 7.95. The Morgan fingerprint density at radius 3 is 2.63 bits per heavy atom. The van der Waals surface area contributed by atoms with Crippen molar-refractivity contribution >= 4 is 43.3 Å². The van der Waals surface area contributed by atoms with Crippen molar-refractivity contribution in [1.29, 1.82) is 0 Å². The van der Waals surface area contributed by atoms with Crippen molar-refractivity contribution in [2.45, 2.75) is 17.1 Å². The number of sulfone groups is 1. The van der Waals surface area contributed by atoms with Gasteiger partial charge in [-0.15, -0.1) is 0 Å². The summed E-state index contributed by atoms with van der Waals surface area (Å²) in [6, 6.07) is 4.34. The van der Waals surface area contributed by atoms with Crippen LogP contribution in [0.25, 0.3) is 0 Å². The molecule has 1 aromatic rings. The minimum atomic E-state index is -3.54. The molecule has 8 heteroatoms. The summed E-state index contributed by atoms with van der Waals surface area (Å²) in [6.07, 6.45) is 0. The van der Waals surface area contributed by atoms with Crippen LogP contribution < -0.4 is 4.90 Å². The van der Waals surface area contributed by atoms with Gasteiger partial charge in [0.15, 0.2) is 9.84 Å². The van der Waals surface area contributed by atoms with Crippen LogP contribution >= 0.6 is 15.9 Å². The standard InChI is InChI=1S/C11H10BrNO5S/c1-6-5-13(10(14)11(15)16)8-4-7(12)2-3-9(8)19(6,17)18/h2-4,6H,5H2,1H3,(H,15,16). The monoisotopic (exact) mass is 347 g/mol. The van der Waals surface area contributed by atoms with Crippen LogP contribution in [0.3, 0.4) is 0 Å². The molecule has 1 aromatic carbocycles. The molecule has 1 N–H and O–H groups in total. The third-order valence-corrected chi connectivity index (χ3v) is 5.58. The molecule has 0 saturated heterocycles. The summed E-state index contributed by atoms with van der Waals surface area (Å²) in [5.41, 5.74) is 0.0971. The zero-order valence-corrected chi connectivity index (χ0v) is 12.2. The van der Waals surface area contributed by atoms with E-state index in [2.05, 4.69) is 15.9 Å². The zero-order chi connectivity index (χ0) is 14.4. The van der Waals surface area contributed by atoms with Crippen LogP contribution in [0.2, 0.25) is 0 Å². The first-order valence-corrected chi connectivity index (χ1v) is 7.67. The van der Waals surface area contributed by atoms with Crippen molar-refractivity contribution in [3.8, 4) is 0 Å². The maximum atomic E-state index is 12.2. The van der Waals surface area contributed by atoms with Gasteiger partial charge in [0.1, 0.15) is 0 Å². The smallest absolute Gasteiger partial charge is 0.394 e. The molecule has 0 aromatic heterocycles. The molecule has 0 fully saturated rings. The molecular formula is C11H10BrNO5S. The highest BCUT2D eigenvalue weighted by Gasteiger charge is 2.38. The third kappa shape index (κ3) is 2.25. The van der Waals surface area contributed by atoms with Gasteiger partial charge >= 0.3 is 11.9 Å². The number of halogens is 1. The van der Waals surface area contributed by atoms with Crippen LogP contribution in [0.4, 0.5) is 5.69 Å². The predicted molar refractivity (Wildman–Crippen MR) is 70.8 cm³/mol. The highest BCUT2D eigenvalue weighted by molar-refractivity contribution is 9.10. The van der Waals surface area contributed by atoms with Crippen LogP contribution in [-0.4, -0.2) is 37.2 Å². The topological polar surface area (TPSA) is 91.8 Å². The van der Waals surface area contributed by atoms with Gasteiger partial charge in [0, 0.05) is 11.0 Å². The lowest BCUT2D eigenvalue weighted by Crippen LogP contribution is -2.46. The fraction of sp³-hybridized carbons (Fsp3) is 0.273. The molecule has 0 radical (unpaired) electrons. The summed E-state index contributed by atoms with van der Waals surface area (Å²) in [4.78, 5) is 23.4. The number of benzene rings is 1. The second kappa shape index (κ2) is 4.61. The van der Waals surface area contributed by atoms with Crippen LogP contribution in [0, 0.1) is 0 Å². The highest BCUT2D eigenvalue weighted by atomic mass is 79.9. The predicted octanol–water partition coefficient (Wildman–Crippen LogP) is 1.04. The van der Waals surface area contributed by atoms with Crippen LogP contribution in [-0.2, 0) is 19.4 Å². The Kier molecular flexibility index (Phi) is 3.40. The number of carbonyl (C=O) groups is 2. The lowest BCUT2D eigenvalue weighted by molar-refractivity contribution is -0.148. The largest absolute Gasteiger partial charge is 0.474 e. The first-order valence-electron chi connectivity index (χ1n) is 5.33. The second-order valence-electron chi connectivity index (χ2n) is 4.19. The van der Waals surface area contributed by atoms with Gasteiger partial charge in [-0.05, 0) is 25.1 Å². The third-order valence-electron chi connectivity index (χ3n) is 2.92. The lowest BCUT2D eigenvalue weighted by Gasteiger charge is -2.31. The van der Waals surface area contributed by atoms with Crippen LogP contribution in [0.1, 0.15) is 6.92 Å². The summed E-state index contributed by atoms with van der Waals surface area (Å²) >= 11 is 3.18. The SMILES string of the molecule is CC1CN(C(=O)C(=O)O)c2cc(Br)ccc2S1(=O)=O. The summed E-state index contributed by atoms with van der Waals surface area (Å²) in [5.74, 6) is -2.75. The molecule has 6 nitrogen and oxygen atoms in total. The Bertz CT molecular complexity index is 670. The molecule has 1 amide bonds. The van der Waals surface area contributed by atoms with E-state index in [-0.39, 0.29) is 17.1 Å². The van der Waals surface area contributed by atoms with Gasteiger partial charge in [-0.3, -0.25) is 9.69 Å². The molecule has 0 bridgehead atoms. The molecule has 0 aliphatic carbocycles. The lowest BCUT2D eigenvalue weighted by atomic mass is 10.2. The number of rotatable bonds is 0. The van der Waals surface area contributed by atoms with Gasteiger partial charge in [0.25, 0.3) is 0 Å². The number of amides is 1. The molecule has 1 aliphatic rings. The minimum absolute atomic E-state index is 0.0240. The first kappa shape index (κ1) is 14.0. The maximum absolute atomic E-state index is 12.2. The minimum Gasteiger partial charge on any atom is -0.474 e. The van der Waals surface area contributed by atoms with Crippen molar-refractivity contribution in [2.24, 2.45) is 0 Å². The summed E-state index contributed by atoms with van der Waals surface area (Å²) < 4.78 is 24.9. The van der Waals surface area contributed by atoms with E-state index in [1.165, 1.54) is 25.1 Å². The number of carbonyl (C=O) groups excluding carboxylic acids is 1. The Balaban J connectivity index is 2.67. The van der Waals surface area contributed by atoms with E-state index >= 15 is 0 Å². The average Bonchev–Trinajstić information content (AvgIpc) is 2.32. The van der Waals surface area contributed by atoms with Crippen molar-refractivity contribution in [1.82, 2.24) is 0 Å². The molecule has 1 heterocycles. The molecule has 1 unspecified atom stereocenters. The van der Waals surface area contributed by atoms with E-state index in [1.54, 1.807) is 0 Å². The van der Waals surface area contributed by atoms with Crippen molar-refractivity contribution < 1.29 is 23.1 Å². The highest BCUT2D eigenvalue weighted by Crippen LogP contribution is 2.35.